The van der Waals surface area contributed by atoms with Gasteiger partial charge in [0, 0.05) is 18.2 Å². The Morgan fingerprint density at radius 2 is 1.86 bits per heavy atom. The summed E-state index contributed by atoms with van der Waals surface area (Å²) in [6.45, 7) is 4.25. The third-order valence-corrected chi connectivity index (χ3v) is 2.30. The van der Waals surface area contributed by atoms with E-state index in [-0.39, 0.29) is 18.2 Å². The minimum atomic E-state index is -0.485. The highest BCUT2D eigenvalue weighted by molar-refractivity contribution is 5.19. The first-order valence-corrected chi connectivity index (χ1v) is 4.81. The average molecular weight is 199 g/mol. The van der Waals surface area contributed by atoms with Crippen LogP contribution in [0.4, 0.5) is 8.78 Å². The zero-order chi connectivity index (χ0) is 10.6. The van der Waals surface area contributed by atoms with Crippen molar-refractivity contribution < 1.29 is 8.78 Å². The van der Waals surface area contributed by atoms with Crippen molar-refractivity contribution in [1.82, 2.24) is 5.32 Å². The first-order valence-electron chi connectivity index (χ1n) is 4.81. The molecule has 0 spiro atoms. The van der Waals surface area contributed by atoms with Crippen molar-refractivity contribution in [2.24, 2.45) is 0 Å². The standard InChI is InChI=1S/C11H15F2N/c1-3-8(2)14-7-9-10(12)5-4-6-11(9)13/h4-6,8,14H,3,7H2,1-2H3. The van der Waals surface area contributed by atoms with Gasteiger partial charge in [-0.3, -0.25) is 0 Å². The summed E-state index contributed by atoms with van der Waals surface area (Å²) in [5.74, 6) is -0.971. The zero-order valence-corrected chi connectivity index (χ0v) is 8.48. The van der Waals surface area contributed by atoms with E-state index >= 15 is 0 Å². The third kappa shape index (κ3) is 2.77. The predicted octanol–water partition coefficient (Wildman–Crippen LogP) is 2.85. The molecule has 0 saturated heterocycles. The van der Waals surface area contributed by atoms with Crippen LogP contribution in [0.5, 0.6) is 0 Å². The van der Waals surface area contributed by atoms with E-state index in [0.717, 1.165) is 6.42 Å². The smallest absolute Gasteiger partial charge is 0.130 e. The van der Waals surface area contributed by atoms with Gasteiger partial charge in [-0.15, -0.1) is 0 Å². The van der Waals surface area contributed by atoms with Crippen molar-refractivity contribution in [3.63, 3.8) is 0 Å². The van der Waals surface area contributed by atoms with Gasteiger partial charge in [0.25, 0.3) is 0 Å². The predicted molar refractivity (Wildman–Crippen MR) is 53.0 cm³/mol. The monoisotopic (exact) mass is 199 g/mol. The summed E-state index contributed by atoms with van der Waals surface area (Å²) in [5.41, 5.74) is 0.118. The van der Waals surface area contributed by atoms with Gasteiger partial charge in [0.15, 0.2) is 0 Å². The van der Waals surface area contributed by atoms with E-state index in [1.54, 1.807) is 0 Å². The van der Waals surface area contributed by atoms with Crippen molar-refractivity contribution in [1.29, 1.82) is 0 Å². The maximum absolute atomic E-state index is 13.1. The minimum absolute atomic E-state index is 0.118. The van der Waals surface area contributed by atoms with Crippen LogP contribution in [0.1, 0.15) is 25.8 Å². The first-order chi connectivity index (χ1) is 6.65. The highest BCUT2D eigenvalue weighted by Crippen LogP contribution is 2.11. The second-order valence-electron chi connectivity index (χ2n) is 3.39. The molecule has 78 valence electrons. The molecule has 0 aliphatic carbocycles. The van der Waals surface area contributed by atoms with Crippen molar-refractivity contribution in [2.45, 2.75) is 32.9 Å². The van der Waals surface area contributed by atoms with Gasteiger partial charge in [0.2, 0.25) is 0 Å². The zero-order valence-electron chi connectivity index (χ0n) is 8.48. The van der Waals surface area contributed by atoms with Crippen molar-refractivity contribution in [3.05, 3.63) is 35.4 Å². The van der Waals surface area contributed by atoms with E-state index in [1.807, 2.05) is 13.8 Å². The molecule has 1 aromatic rings. The van der Waals surface area contributed by atoms with Crippen LogP contribution in [0.15, 0.2) is 18.2 Å². The average Bonchev–Trinajstić information content (AvgIpc) is 2.16. The lowest BCUT2D eigenvalue weighted by Crippen LogP contribution is -2.25. The van der Waals surface area contributed by atoms with E-state index in [4.69, 9.17) is 0 Å². The summed E-state index contributed by atoms with van der Waals surface area (Å²) in [5, 5.41) is 3.05. The molecule has 1 nitrogen and oxygen atoms in total. The topological polar surface area (TPSA) is 12.0 Å². The largest absolute Gasteiger partial charge is 0.310 e. The molecule has 0 heterocycles. The van der Waals surface area contributed by atoms with Gasteiger partial charge >= 0.3 is 0 Å². The number of nitrogens with one attached hydrogen (secondary N) is 1. The number of hydrogen-bond donors (Lipinski definition) is 1. The quantitative estimate of drug-likeness (QED) is 0.786. The molecule has 1 unspecified atom stereocenters. The fraction of sp³-hybridized carbons (Fsp3) is 0.455. The fourth-order valence-corrected chi connectivity index (χ4v) is 1.12. The lowest BCUT2D eigenvalue weighted by molar-refractivity contribution is 0.493. The maximum Gasteiger partial charge on any atom is 0.130 e. The molecule has 0 aliphatic rings. The highest BCUT2D eigenvalue weighted by Gasteiger charge is 2.08. The second kappa shape index (κ2) is 5.05. The molecule has 0 radical (unpaired) electrons. The van der Waals surface area contributed by atoms with Crippen LogP contribution >= 0.6 is 0 Å². The Bertz CT molecular complexity index is 279. The van der Waals surface area contributed by atoms with Crippen molar-refractivity contribution in [2.75, 3.05) is 0 Å². The molecule has 0 fully saturated rings. The van der Waals surface area contributed by atoms with Gasteiger partial charge in [-0.1, -0.05) is 13.0 Å². The summed E-state index contributed by atoms with van der Waals surface area (Å²) in [6, 6.07) is 4.19. The van der Waals surface area contributed by atoms with Crippen LogP contribution in [0, 0.1) is 11.6 Å². The van der Waals surface area contributed by atoms with Gasteiger partial charge < -0.3 is 5.32 Å². The van der Waals surface area contributed by atoms with Gasteiger partial charge in [-0.05, 0) is 25.5 Å². The maximum atomic E-state index is 13.1. The third-order valence-electron chi connectivity index (χ3n) is 2.30. The summed E-state index contributed by atoms with van der Waals surface area (Å²) in [6.07, 6.45) is 0.941. The number of hydrogen-bond acceptors (Lipinski definition) is 1. The first kappa shape index (κ1) is 11.1. The lowest BCUT2D eigenvalue weighted by atomic mass is 10.1. The molecule has 1 rings (SSSR count). The summed E-state index contributed by atoms with van der Waals surface area (Å²) >= 11 is 0. The van der Waals surface area contributed by atoms with E-state index in [2.05, 4.69) is 5.32 Å². The van der Waals surface area contributed by atoms with E-state index in [1.165, 1.54) is 18.2 Å². The van der Waals surface area contributed by atoms with Crippen molar-refractivity contribution in [3.8, 4) is 0 Å². The molecular weight excluding hydrogens is 184 g/mol. The Morgan fingerprint density at radius 3 is 2.36 bits per heavy atom. The summed E-state index contributed by atoms with van der Waals surface area (Å²) in [4.78, 5) is 0. The van der Waals surface area contributed by atoms with Crippen LogP contribution in [0.3, 0.4) is 0 Å². The molecule has 0 bridgehead atoms. The normalized spacial score (nSPS) is 12.9. The Balaban J connectivity index is 2.66. The van der Waals surface area contributed by atoms with Gasteiger partial charge in [0.05, 0.1) is 0 Å². The van der Waals surface area contributed by atoms with Crippen molar-refractivity contribution >= 4 is 0 Å². The molecule has 1 aromatic carbocycles. The Kier molecular flexibility index (Phi) is 4.01. The Labute approximate surface area is 83.1 Å². The lowest BCUT2D eigenvalue weighted by Gasteiger charge is -2.12. The van der Waals surface area contributed by atoms with Crippen LogP contribution in [-0.2, 0) is 6.54 Å². The molecule has 0 amide bonds. The Hall–Kier alpha value is -0.960. The Morgan fingerprint density at radius 1 is 1.29 bits per heavy atom. The second-order valence-corrected chi connectivity index (χ2v) is 3.39. The van der Waals surface area contributed by atoms with Gasteiger partial charge in [-0.25, -0.2) is 8.78 Å². The number of rotatable bonds is 4. The van der Waals surface area contributed by atoms with Crippen LogP contribution in [0.2, 0.25) is 0 Å². The summed E-state index contributed by atoms with van der Waals surface area (Å²) in [7, 11) is 0. The fourth-order valence-electron chi connectivity index (χ4n) is 1.12. The minimum Gasteiger partial charge on any atom is -0.310 e. The molecule has 0 saturated carbocycles. The molecule has 1 atom stereocenters. The van der Waals surface area contributed by atoms with Crippen LogP contribution < -0.4 is 5.32 Å². The molecule has 1 N–H and O–H groups in total. The van der Waals surface area contributed by atoms with Crippen LogP contribution in [0.25, 0.3) is 0 Å². The molecule has 0 aromatic heterocycles. The molecule has 0 aliphatic heterocycles. The number of halogens is 2. The summed E-state index contributed by atoms with van der Waals surface area (Å²) < 4.78 is 26.2. The van der Waals surface area contributed by atoms with Gasteiger partial charge in [-0.2, -0.15) is 0 Å². The molecule has 3 heteroatoms. The highest BCUT2D eigenvalue weighted by atomic mass is 19.1. The van der Waals surface area contributed by atoms with Gasteiger partial charge in [0.1, 0.15) is 11.6 Å². The number of benzene rings is 1. The van der Waals surface area contributed by atoms with E-state index in [9.17, 15) is 8.78 Å². The van der Waals surface area contributed by atoms with Crippen LogP contribution in [-0.4, -0.2) is 6.04 Å². The molecular formula is C11H15F2N. The van der Waals surface area contributed by atoms with E-state index in [0.29, 0.717) is 0 Å². The van der Waals surface area contributed by atoms with E-state index < -0.39 is 11.6 Å². The SMILES string of the molecule is CCC(C)NCc1c(F)cccc1F. The molecule has 14 heavy (non-hydrogen) atoms.